The number of carbonyl (C=O) groups is 1. The van der Waals surface area contributed by atoms with Crippen molar-refractivity contribution in [2.75, 3.05) is 49.6 Å². The first kappa shape index (κ1) is 27.0. The molecule has 0 radical (unpaired) electrons. The minimum atomic E-state index is -4.50. The minimum Gasteiger partial charge on any atom is -0.377 e. The summed E-state index contributed by atoms with van der Waals surface area (Å²) >= 11 is 0. The van der Waals surface area contributed by atoms with Gasteiger partial charge < -0.3 is 20.7 Å². The highest BCUT2D eigenvalue weighted by Gasteiger charge is 2.36. The average Bonchev–Trinajstić information content (AvgIpc) is 2.88. The fourth-order valence-corrected chi connectivity index (χ4v) is 4.65. The number of piperidine rings is 1. The SMILES string of the molecule is CC(C)(C(N)=O)N1CCC(CNc2ncnc(N3CCOCC3c3ccc(C(F)(F)F)cn3)c2F)CC1. The maximum atomic E-state index is 15.5. The maximum Gasteiger partial charge on any atom is 0.417 e. The zero-order valence-corrected chi connectivity index (χ0v) is 20.8. The quantitative estimate of drug-likeness (QED) is 0.531. The predicted molar refractivity (Wildman–Crippen MR) is 128 cm³/mol. The van der Waals surface area contributed by atoms with Crippen LogP contribution in [-0.2, 0) is 15.7 Å². The number of amides is 1. The second-order valence-electron chi connectivity index (χ2n) is 9.85. The van der Waals surface area contributed by atoms with Crippen molar-refractivity contribution in [3.63, 3.8) is 0 Å². The van der Waals surface area contributed by atoms with Crippen molar-refractivity contribution in [2.45, 2.75) is 44.4 Å². The number of primary amides is 1. The van der Waals surface area contributed by atoms with Crippen LogP contribution >= 0.6 is 0 Å². The molecule has 0 bridgehead atoms. The Labute approximate surface area is 212 Å². The van der Waals surface area contributed by atoms with E-state index in [4.69, 9.17) is 10.5 Å². The molecule has 0 aromatic carbocycles. The summed E-state index contributed by atoms with van der Waals surface area (Å²) in [6.07, 6.45) is -0.849. The van der Waals surface area contributed by atoms with Crippen LogP contribution in [-0.4, -0.2) is 70.7 Å². The molecule has 2 fully saturated rings. The molecule has 2 aliphatic heterocycles. The van der Waals surface area contributed by atoms with Gasteiger partial charge in [-0.2, -0.15) is 17.6 Å². The summed E-state index contributed by atoms with van der Waals surface area (Å²) in [5.74, 6) is -0.674. The van der Waals surface area contributed by atoms with Gasteiger partial charge >= 0.3 is 6.18 Å². The lowest BCUT2D eigenvalue weighted by Crippen LogP contribution is -2.56. The topological polar surface area (TPSA) is 110 Å². The van der Waals surface area contributed by atoms with Gasteiger partial charge in [0.15, 0.2) is 11.6 Å². The number of nitrogens with one attached hydrogen (secondary N) is 1. The van der Waals surface area contributed by atoms with Gasteiger partial charge in [-0.05, 0) is 57.8 Å². The molecule has 2 aromatic heterocycles. The minimum absolute atomic E-state index is 0.0329. The molecule has 4 rings (SSSR count). The van der Waals surface area contributed by atoms with E-state index in [1.165, 1.54) is 12.4 Å². The summed E-state index contributed by atoms with van der Waals surface area (Å²) in [5, 5.41) is 3.08. The number of nitrogens with zero attached hydrogens (tertiary/aromatic N) is 5. The Bertz CT molecular complexity index is 1090. The van der Waals surface area contributed by atoms with Crippen LogP contribution in [0.2, 0.25) is 0 Å². The lowest BCUT2D eigenvalue weighted by Gasteiger charge is -2.41. The number of ether oxygens (including phenoxy) is 1. The number of likely N-dealkylation sites (tertiary alicyclic amines) is 1. The second-order valence-corrected chi connectivity index (χ2v) is 9.85. The van der Waals surface area contributed by atoms with Crippen molar-refractivity contribution < 1.29 is 27.1 Å². The molecule has 1 unspecified atom stereocenters. The van der Waals surface area contributed by atoms with Crippen LogP contribution in [0, 0.1) is 11.7 Å². The summed E-state index contributed by atoms with van der Waals surface area (Å²) in [7, 11) is 0. The Kier molecular flexibility index (Phi) is 7.83. The van der Waals surface area contributed by atoms with Gasteiger partial charge in [0.25, 0.3) is 0 Å². The van der Waals surface area contributed by atoms with Crippen molar-refractivity contribution in [1.29, 1.82) is 0 Å². The first-order chi connectivity index (χ1) is 17.5. The first-order valence-electron chi connectivity index (χ1n) is 12.2. The summed E-state index contributed by atoms with van der Waals surface area (Å²) < 4.78 is 59.9. The zero-order chi connectivity index (χ0) is 26.8. The Morgan fingerprint density at radius 3 is 2.51 bits per heavy atom. The number of nitrogens with two attached hydrogens (primary N) is 1. The molecule has 13 heteroatoms. The van der Waals surface area contributed by atoms with Crippen LogP contribution in [0.15, 0.2) is 24.7 Å². The Hall–Kier alpha value is -3.06. The zero-order valence-electron chi connectivity index (χ0n) is 20.8. The fourth-order valence-electron chi connectivity index (χ4n) is 4.65. The molecule has 202 valence electrons. The first-order valence-corrected chi connectivity index (χ1v) is 12.2. The van der Waals surface area contributed by atoms with Crippen molar-refractivity contribution in [3.05, 3.63) is 41.7 Å². The van der Waals surface area contributed by atoms with Gasteiger partial charge in [-0.1, -0.05) is 0 Å². The molecule has 3 N–H and O–H groups in total. The summed E-state index contributed by atoms with van der Waals surface area (Å²) in [6, 6.07) is 1.62. The van der Waals surface area contributed by atoms with E-state index >= 15 is 4.39 Å². The lowest BCUT2D eigenvalue weighted by atomic mass is 9.92. The van der Waals surface area contributed by atoms with Crippen molar-refractivity contribution >= 4 is 17.5 Å². The van der Waals surface area contributed by atoms with Crippen LogP contribution < -0.4 is 16.0 Å². The van der Waals surface area contributed by atoms with E-state index in [1.54, 1.807) is 4.90 Å². The number of morpholine rings is 1. The molecule has 0 spiro atoms. The third kappa shape index (κ3) is 5.93. The van der Waals surface area contributed by atoms with Crippen LogP contribution in [0.1, 0.15) is 44.0 Å². The van der Waals surface area contributed by atoms with Crippen LogP contribution in [0.5, 0.6) is 0 Å². The van der Waals surface area contributed by atoms with Gasteiger partial charge in [0, 0.05) is 19.3 Å². The molecule has 2 aromatic rings. The third-order valence-electron chi connectivity index (χ3n) is 7.19. The van der Waals surface area contributed by atoms with Crippen molar-refractivity contribution in [1.82, 2.24) is 19.9 Å². The fraction of sp³-hybridized carbons (Fsp3) is 0.583. The highest BCUT2D eigenvalue weighted by Crippen LogP contribution is 2.33. The van der Waals surface area contributed by atoms with E-state index < -0.39 is 29.1 Å². The molecular weight excluding hydrogens is 494 g/mol. The van der Waals surface area contributed by atoms with E-state index in [2.05, 4.69) is 25.2 Å². The lowest BCUT2D eigenvalue weighted by molar-refractivity contribution is -0.137. The van der Waals surface area contributed by atoms with Crippen molar-refractivity contribution in [3.8, 4) is 0 Å². The highest BCUT2D eigenvalue weighted by molar-refractivity contribution is 5.83. The predicted octanol–water partition coefficient (Wildman–Crippen LogP) is 3.00. The standard InChI is InChI=1S/C24H31F4N7O2/c1-23(2,22(29)36)34-7-5-15(6-8-34)11-31-20-19(25)21(33-14-32-20)35-9-10-37-13-18(35)17-4-3-16(12-30-17)24(26,27)28/h3-4,12,14-15,18H,5-11,13H2,1-2H3,(H2,29,36)(H,31,32,33). The van der Waals surface area contributed by atoms with Gasteiger partial charge in [-0.3, -0.25) is 14.7 Å². The normalized spacial score (nSPS) is 20.2. The Balaban J connectivity index is 1.44. The smallest absolute Gasteiger partial charge is 0.377 e. The van der Waals surface area contributed by atoms with E-state index in [-0.39, 0.29) is 36.6 Å². The van der Waals surface area contributed by atoms with Gasteiger partial charge in [0.1, 0.15) is 6.33 Å². The number of pyridine rings is 1. The van der Waals surface area contributed by atoms with E-state index in [0.29, 0.717) is 31.9 Å². The Morgan fingerprint density at radius 1 is 1.16 bits per heavy atom. The molecule has 4 heterocycles. The molecule has 37 heavy (non-hydrogen) atoms. The molecule has 2 saturated heterocycles. The number of anilines is 2. The summed E-state index contributed by atoms with van der Waals surface area (Å²) in [6.45, 7) is 6.24. The third-order valence-corrected chi connectivity index (χ3v) is 7.19. The number of alkyl halides is 3. The van der Waals surface area contributed by atoms with Gasteiger partial charge in [-0.15, -0.1) is 0 Å². The number of carbonyl (C=O) groups excluding carboxylic acids is 1. The van der Waals surface area contributed by atoms with E-state index in [1.807, 2.05) is 13.8 Å². The van der Waals surface area contributed by atoms with Crippen LogP contribution in [0.3, 0.4) is 0 Å². The number of hydrogen-bond donors (Lipinski definition) is 2. The largest absolute Gasteiger partial charge is 0.417 e. The molecular formula is C24H31F4N7O2. The summed E-state index contributed by atoms with van der Waals surface area (Å²) in [5.41, 5.74) is 4.27. The molecule has 2 aliphatic rings. The number of rotatable bonds is 7. The van der Waals surface area contributed by atoms with E-state index in [0.717, 1.165) is 25.1 Å². The molecule has 0 saturated carbocycles. The molecule has 1 atom stereocenters. The Morgan fingerprint density at radius 2 is 1.89 bits per heavy atom. The van der Waals surface area contributed by atoms with Gasteiger partial charge in [0.2, 0.25) is 11.7 Å². The second kappa shape index (κ2) is 10.7. The van der Waals surface area contributed by atoms with Crippen molar-refractivity contribution in [2.24, 2.45) is 11.7 Å². The average molecular weight is 526 g/mol. The monoisotopic (exact) mass is 525 g/mol. The molecule has 1 amide bonds. The van der Waals surface area contributed by atoms with Gasteiger partial charge in [-0.25, -0.2) is 9.97 Å². The summed E-state index contributed by atoms with van der Waals surface area (Å²) in [4.78, 5) is 27.6. The van der Waals surface area contributed by atoms with Crippen LogP contribution in [0.4, 0.5) is 29.2 Å². The number of hydrogen-bond acceptors (Lipinski definition) is 8. The molecule has 0 aliphatic carbocycles. The highest BCUT2D eigenvalue weighted by atomic mass is 19.4. The maximum absolute atomic E-state index is 15.5. The molecule has 9 nitrogen and oxygen atoms in total. The number of aromatic nitrogens is 3. The van der Waals surface area contributed by atoms with E-state index in [9.17, 15) is 18.0 Å². The number of halogens is 4. The van der Waals surface area contributed by atoms with Crippen LogP contribution in [0.25, 0.3) is 0 Å². The van der Waals surface area contributed by atoms with Gasteiger partial charge in [0.05, 0.1) is 36.1 Å².